The number of pyridine rings is 2. The molecule has 4 aliphatic heterocycles. The lowest BCUT2D eigenvalue weighted by Crippen LogP contribution is -2.59. The van der Waals surface area contributed by atoms with Crippen molar-refractivity contribution in [2.45, 2.75) is 102 Å². The molecule has 4 fully saturated rings. The van der Waals surface area contributed by atoms with Crippen LogP contribution in [0, 0.1) is 11.2 Å². The van der Waals surface area contributed by atoms with E-state index in [0.29, 0.717) is 43.5 Å². The normalized spacial score (nSPS) is 23.9. The number of carbonyl (C=O) groups excluding carboxylic acids is 2. The third-order valence-corrected chi connectivity index (χ3v) is 13.3. The molecule has 1 spiro atoms. The highest BCUT2D eigenvalue weighted by molar-refractivity contribution is 6.09. The molecule has 7 heterocycles. The second-order valence-electron chi connectivity index (χ2n) is 16.9. The lowest BCUT2D eigenvalue weighted by atomic mass is 9.72. The molecule has 12 heteroatoms. The van der Waals surface area contributed by atoms with E-state index in [-0.39, 0.29) is 35.0 Å². The number of benzene rings is 1. The minimum atomic E-state index is -0.658. The van der Waals surface area contributed by atoms with Crippen LogP contribution in [0.4, 0.5) is 21.6 Å². The van der Waals surface area contributed by atoms with E-state index in [9.17, 15) is 14.0 Å². The fourth-order valence-electron chi connectivity index (χ4n) is 9.90. The number of halogens is 1. The van der Waals surface area contributed by atoms with Gasteiger partial charge in [-0.05, 0) is 115 Å². The van der Waals surface area contributed by atoms with Crippen LogP contribution in [0.15, 0.2) is 49.1 Å². The third-order valence-electron chi connectivity index (χ3n) is 13.3. The standard InChI is InChI=1S/C42H52FN9O2/c1-27(2)51-26-46-35-24-34(48-38(37(35)51)47-33-9-14-45-25-32(33)43)28-7-8-31-36(21-28)52(30-22-29(23-30)49-17-5-4-6-18-49)40(54)42(31)12-19-50(20-13-42)39(53)41(3)10-15-44-16-11-41/h7-9,14,21,24-27,29-30,44H,4-6,10-13,15-20,22-23H2,1-3H3,(H,45,47,48). The Bertz CT molecular complexity index is 2070. The SMILES string of the molecule is CC(C)n1cnc2cc(-c3ccc4c(c3)N(C3CC(N5CCCCC5)C3)C(=O)C43CCN(C(=O)C4(C)CCNCC4)CC3)nc(Nc3ccncc3F)c21. The van der Waals surface area contributed by atoms with Crippen LogP contribution in [0.2, 0.25) is 0 Å². The van der Waals surface area contributed by atoms with E-state index >= 15 is 0 Å². The minimum absolute atomic E-state index is 0.113. The Kier molecular flexibility index (Phi) is 8.96. The second-order valence-corrected chi connectivity index (χ2v) is 16.9. The summed E-state index contributed by atoms with van der Waals surface area (Å²) in [5, 5.41) is 6.64. The first kappa shape index (κ1) is 35.3. The zero-order valence-electron chi connectivity index (χ0n) is 31.8. The lowest BCUT2D eigenvalue weighted by Gasteiger charge is -2.48. The van der Waals surface area contributed by atoms with E-state index in [4.69, 9.17) is 9.97 Å². The number of nitrogens with zero attached hydrogens (tertiary/aromatic N) is 7. The van der Waals surface area contributed by atoms with Crippen molar-refractivity contribution in [2.24, 2.45) is 5.41 Å². The van der Waals surface area contributed by atoms with Gasteiger partial charge >= 0.3 is 0 Å². The molecule has 0 unspecified atom stereocenters. The average Bonchev–Trinajstić information content (AvgIpc) is 3.70. The fraction of sp³-hybridized carbons (Fsp3) is 0.548. The Labute approximate surface area is 316 Å². The number of hydrogen-bond donors (Lipinski definition) is 2. The first-order valence-electron chi connectivity index (χ1n) is 20.1. The van der Waals surface area contributed by atoms with Crippen LogP contribution in [0.1, 0.15) is 90.2 Å². The maximum absolute atomic E-state index is 15.0. The van der Waals surface area contributed by atoms with Gasteiger partial charge in [0.25, 0.3) is 0 Å². The van der Waals surface area contributed by atoms with Gasteiger partial charge in [-0.15, -0.1) is 0 Å². The lowest BCUT2D eigenvalue weighted by molar-refractivity contribution is -0.145. The first-order valence-corrected chi connectivity index (χ1v) is 20.1. The van der Waals surface area contributed by atoms with E-state index in [1.54, 1.807) is 18.6 Å². The molecule has 11 nitrogen and oxygen atoms in total. The van der Waals surface area contributed by atoms with Crippen molar-refractivity contribution in [3.63, 3.8) is 0 Å². The number of fused-ring (bicyclic) bond motifs is 3. The van der Waals surface area contributed by atoms with Gasteiger partial charge < -0.3 is 29.9 Å². The maximum Gasteiger partial charge on any atom is 0.238 e. The van der Waals surface area contributed by atoms with Gasteiger partial charge in [0.2, 0.25) is 11.8 Å². The molecule has 1 saturated carbocycles. The molecule has 2 N–H and O–H groups in total. The number of aromatic nitrogens is 4. The molecular formula is C42H52FN9O2. The highest BCUT2D eigenvalue weighted by Gasteiger charge is 2.56. The number of anilines is 3. The van der Waals surface area contributed by atoms with Gasteiger partial charge in [0, 0.05) is 54.1 Å². The maximum atomic E-state index is 15.0. The first-order chi connectivity index (χ1) is 26.1. The van der Waals surface area contributed by atoms with Gasteiger partial charge in [0.1, 0.15) is 5.52 Å². The molecule has 3 saturated heterocycles. The Morgan fingerprint density at radius 2 is 1.74 bits per heavy atom. The number of hydrogen-bond acceptors (Lipinski definition) is 8. The Morgan fingerprint density at radius 3 is 2.46 bits per heavy atom. The highest BCUT2D eigenvalue weighted by atomic mass is 19.1. The Balaban J connectivity index is 1.07. The van der Waals surface area contributed by atoms with Crippen LogP contribution in [-0.4, -0.2) is 92.5 Å². The molecular weight excluding hydrogens is 682 g/mol. The second kappa shape index (κ2) is 13.7. The largest absolute Gasteiger partial charge is 0.342 e. The Morgan fingerprint density at radius 1 is 0.981 bits per heavy atom. The predicted molar refractivity (Wildman–Crippen MR) is 208 cm³/mol. The fourth-order valence-corrected chi connectivity index (χ4v) is 9.90. The molecule has 4 aromatic rings. The number of piperidine rings is 3. The van der Waals surface area contributed by atoms with Gasteiger partial charge in [-0.2, -0.15) is 0 Å². The van der Waals surface area contributed by atoms with Crippen molar-refractivity contribution in [2.75, 3.05) is 49.5 Å². The number of rotatable bonds is 7. The summed E-state index contributed by atoms with van der Waals surface area (Å²) < 4.78 is 16.9. The number of imidazole rings is 1. The topological polar surface area (TPSA) is 112 Å². The van der Waals surface area contributed by atoms with E-state index in [2.05, 4.69) is 64.4 Å². The van der Waals surface area contributed by atoms with Gasteiger partial charge in [-0.1, -0.05) is 25.5 Å². The third kappa shape index (κ3) is 5.87. The number of amides is 2. The quantitative estimate of drug-likeness (QED) is 0.220. The molecule has 0 atom stereocenters. The average molecular weight is 734 g/mol. The van der Waals surface area contributed by atoms with Crippen molar-refractivity contribution in [3.8, 4) is 11.3 Å². The highest BCUT2D eigenvalue weighted by Crippen LogP contribution is 2.52. The van der Waals surface area contributed by atoms with E-state index in [0.717, 1.165) is 79.7 Å². The van der Waals surface area contributed by atoms with Crippen LogP contribution in [0.3, 0.4) is 0 Å². The van der Waals surface area contributed by atoms with Gasteiger partial charge in [-0.25, -0.2) is 14.4 Å². The minimum Gasteiger partial charge on any atom is -0.342 e. The number of likely N-dealkylation sites (tertiary alicyclic amines) is 2. The molecule has 3 aromatic heterocycles. The van der Waals surface area contributed by atoms with Crippen molar-refractivity contribution < 1.29 is 14.0 Å². The zero-order chi connectivity index (χ0) is 37.2. The molecule has 1 aliphatic carbocycles. The molecule has 2 amide bonds. The molecule has 284 valence electrons. The summed E-state index contributed by atoms with van der Waals surface area (Å²) in [7, 11) is 0. The zero-order valence-corrected chi connectivity index (χ0v) is 31.8. The van der Waals surface area contributed by atoms with Gasteiger partial charge in [0.05, 0.1) is 34.8 Å². The number of carbonyl (C=O) groups is 2. The van der Waals surface area contributed by atoms with Crippen LogP contribution < -0.4 is 15.5 Å². The van der Waals surface area contributed by atoms with Gasteiger partial charge in [-0.3, -0.25) is 14.6 Å². The van der Waals surface area contributed by atoms with Crippen LogP contribution in [0.25, 0.3) is 22.3 Å². The van der Waals surface area contributed by atoms with Crippen LogP contribution in [0.5, 0.6) is 0 Å². The molecule has 0 radical (unpaired) electrons. The Hall–Kier alpha value is -4.42. The van der Waals surface area contributed by atoms with E-state index in [1.807, 2.05) is 15.5 Å². The summed E-state index contributed by atoms with van der Waals surface area (Å²) >= 11 is 0. The molecule has 0 bridgehead atoms. The molecule has 54 heavy (non-hydrogen) atoms. The summed E-state index contributed by atoms with van der Waals surface area (Å²) in [6, 6.07) is 10.7. The molecule has 1 aromatic carbocycles. The van der Waals surface area contributed by atoms with Crippen molar-refractivity contribution in [1.29, 1.82) is 0 Å². The van der Waals surface area contributed by atoms with Crippen molar-refractivity contribution >= 4 is 40.0 Å². The van der Waals surface area contributed by atoms with Crippen molar-refractivity contribution in [3.05, 3.63) is 60.4 Å². The van der Waals surface area contributed by atoms with Crippen LogP contribution >= 0.6 is 0 Å². The van der Waals surface area contributed by atoms with E-state index in [1.165, 1.54) is 25.5 Å². The summed E-state index contributed by atoms with van der Waals surface area (Å²) in [5.41, 5.74) is 4.43. The predicted octanol–water partition coefficient (Wildman–Crippen LogP) is 6.57. The summed E-state index contributed by atoms with van der Waals surface area (Å²) in [4.78, 5) is 49.4. The summed E-state index contributed by atoms with van der Waals surface area (Å²) in [6.45, 7) is 11.5. The van der Waals surface area contributed by atoms with Crippen LogP contribution in [-0.2, 0) is 15.0 Å². The molecule has 9 rings (SSSR count). The van der Waals surface area contributed by atoms with Gasteiger partial charge in [0.15, 0.2) is 11.6 Å². The molecule has 5 aliphatic rings. The van der Waals surface area contributed by atoms with E-state index < -0.39 is 11.2 Å². The monoisotopic (exact) mass is 733 g/mol. The number of nitrogens with one attached hydrogen (secondary N) is 2. The van der Waals surface area contributed by atoms with Crippen molar-refractivity contribution in [1.82, 2.24) is 34.6 Å². The summed E-state index contributed by atoms with van der Waals surface area (Å²) in [6.07, 6.45) is 13.2. The smallest absolute Gasteiger partial charge is 0.238 e. The summed E-state index contributed by atoms with van der Waals surface area (Å²) in [5.74, 6) is 0.460.